The van der Waals surface area contributed by atoms with E-state index in [1.54, 1.807) is 18.2 Å². The molecule has 1 aromatic rings. The normalized spacial score (nSPS) is 18.1. The number of aromatic nitrogens is 1. The van der Waals surface area contributed by atoms with Crippen molar-refractivity contribution in [3.8, 4) is 0 Å². The van der Waals surface area contributed by atoms with Gasteiger partial charge in [0.15, 0.2) is 0 Å². The molecular weight excluding hydrogens is 282 g/mol. The Bertz CT molecular complexity index is 289. The van der Waals surface area contributed by atoms with Crippen molar-refractivity contribution in [1.82, 2.24) is 0 Å². The molecule has 0 amide bonds. The van der Waals surface area contributed by atoms with Gasteiger partial charge in [0, 0.05) is 0 Å². The molecular formula is C5H5Cl5NP. The second-order valence-corrected chi connectivity index (χ2v) is 22.4. The summed E-state index contributed by atoms with van der Waals surface area (Å²) in [5, 5.41) is 0. The summed E-state index contributed by atoms with van der Waals surface area (Å²) in [7, 11) is 0. The van der Waals surface area contributed by atoms with E-state index in [4.69, 9.17) is 56.2 Å². The standard InChI is InChI=1S/C5H5Cl5NP/c6-12(7,8,9,10)11-4-2-1-3-5-11/h1-5H. The molecule has 1 heterocycles. The molecule has 0 aromatic carbocycles. The summed E-state index contributed by atoms with van der Waals surface area (Å²) in [5.41, 5.74) is 0. The van der Waals surface area contributed by atoms with Gasteiger partial charge in [-0.1, -0.05) is 0 Å². The number of pyridine rings is 1. The van der Waals surface area contributed by atoms with Crippen molar-refractivity contribution < 1.29 is 4.34 Å². The van der Waals surface area contributed by atoms with Crippen LogP contribution in [0.15, 0.2) is 30.6 Å². The maximum atomic E-state index is 5.73. The zero-order valence-electron chi connectivity index (χ0n) is 5.67. The Balaban J connectivity index is 3.36. The van der Waals surface area contributed by atoms with Crippen molar-refractivity contribution in [3.05, 3.63) is 30.6 Å². The summed E-state index contributed by atoms with van der Waals surface area (Å²) in [6.07, 6.45) is 3.01. The van der Waals surface area contributed by atoms with Gasteiger partial charge in [-0.05, 0) is 0 Å². The van der Waals surface area contributed by atoms with Crippen LogP contribution in [0.1, 0.15) is 0 Å². The summed E-state index contributed by atoms with van der Waals surface area (Å²) in [6.45, 7) is 0. The van der Waals surface area contributed by atoms with Crippen molar-refractivity contribution in [2.24, 2.45) is 0 Å². The Morgan fingerprint density at radius 3 is 1.42 bits per heavy atom. The molecule has 0 fully saturated rings. The van der Waals surface area contributed by atoms with Crippen molar-refractivity contribution in [2.45, 2.75) is 0 Å². The zero-order chi connectivity index (χ0) is 9.52. The van der Waals surface area contributed by atoms with Gasteiger partial charge >= 0.3 is 94.0 Å². The van der Waals surface area contributed by atoms with Crippen molar-refractivity contribution >= 4 is 59.1 Å². The molecule has 0 aliphatic carbocycles. The van der Waals surface area contributed by atoms with Gasteiger partial charge in [-0.2, -0.15) is 0 Å². The van der Waals surface area contributed by atoms with Crippen LogP contribution in [-0.4, -0.2) is 0 Å². The monoisotopic (exact) mass is 285 g/mol. The first-order chi connectivity index (χ1) is 5.09. The molecule has 0 saturated carbocycles. The first-order valence-corrected chi connectivity index (χ1v) is 10.1. The van der Waals surface area contributed by atoms with E-state index in [-0.39, 0.29) is 0 Å². The SMILES string of the molecule is Cl[P-](Cl)(Cl)(Cl)(Cl)[n+]1ccccc1. The fourth-order valence-corrected chi connectivity index (χ4v) is 2.81. The van der Waals surface area contributed by atoms with Crippen LogP contribution in [0.5, 0.6) is 0 Å². The molecule has 0 N–H and O–H groups in total. The van der Waals surface area contributed by atoms with E-state index in [0.717, 1.165) is 0 Å². The van der Waals surface area contributed by atoms with Crippen LogP contribution in [-0.2, 0) is 0 Å². The van der Waals surface area contributed by atoms with E-state index in [1.165, 1.54) is 16.7 Å². The third kappa shape index (κ3) is 3.06. The average Bonchev–Trinajstić information content (AvgIpc) is 1.85. The Labute approximate surface area is 93.6 Å². The van der Waals surface area contributed by atoms with Gasteiger partial charge < -0.3 is 0 Å². The van der Waals surface area contributed by atoms with Crippen LogP contribution in [0.2, 0.25) is 0 Å². The Kier molecular flexibility index (Phi) is 2.35. The summed E-state index contributed by atoms with van der Waals surface area (Å²) >= 11 is 28.7. The third-order valence-electron chi connectivity index (χ3n) is 1.14. The molecule has 0 bridgehead atoms. The number of hydrogen-bond acceptors (Lipinski definition) is 0. The van der Waals surface area contributed by atoms with Crippen molar-refractivity contribution in [2.75, 3.05) is 0 Å². The number of hydrogen-bond donors (Lipinski definition) is 0. The fourth-order valence-electron chi connectivity index (χ4n) is 0.642. The van der Waals surface area contributed by atoms with E-state index >= 15 is 0 Å². The van der Waals surface area contributed by atoms with E-state index in [2.05, 4.69) is 0 Å². The average molecular weight is 287 g/mol. The summed E-state index contributed by atoms with van der Waals surface area (Å²) in [4.78, 5) is 0. The summed E-state index contributed by atoms with van der Waals surface area (Å²) in [6, 6.07) is 5.10. The molecule has 0 spiro atoms. The third-order valence-corrected chi connectivity index (χ3v) is 4.89. The van der Waals surface area contributed by atoms with Gasteiger partial charge in [0.1, 0.15) is 0 Å². The van der Waals surface area contributed by atoms with Gasteiger partial charge in [-0.3, -0.25) is 0 Å². The number of nitrogens with zero attached hydrogens (tertiary/aromatic N) is 1. The first-order valence-electron chi connectivity index (χ1n) is 2.89. The van der Waals surface area contributed by atoms with E-state index in [0.29, 0.717) is 0 Å². The van der Waals surface area contributed by atoms with Crippen molar-refractivity contribution in [1.29, 1.82) is 0 Å². The van der Waals surface area contributed by atoms with E-state index in [1.807, 2.05) is 0 Å². The first kappa shape index (κ1) is 11.1. The van der Waals surface area contributed by atoms with Crippen LogP contribution >= 0.6 is 59.1 Å². The Morgan fingerprint density at radius 2 is 1.17 bits per heavy atom. The minimum atomic E-state index is -4.86. The predicted molar refractivity (Wildman–Crippen MR) is 58.2 cm³/mol. The van der Waals surface area contributed by atoms with Crippen molar-refractivity contribution in [3.63, 3.8) is 0 Å². The van der Waals surface area contributed by atoms with Gasteiger partial charge in [0.25, 0.3) is 0 Å². The van der Waals surface area contributed by atoms with Crippen LogP contribution in [0.3, 0.4) is 0 Å². The maximum absolute atomic E-state index is 5.73. The number of rotatable bonds is 1. The van der Waals surface area contributed by atoms with E-state index < -0.39 is 2.86 Å². The van der Waals surface area contributed by atoms with Crippen LogP contribution in [0.25, 0.3) is 0 Å². The second kappa shape index (κ2) is 2.53. The zero-order valence-corrected chi connectivity index (χ0v) is 10.3. The summed E-state index contributed by atoms with van der Waals surface area (Å²) < 4.78 is -3.67. The molecule has 1 rings (SSSR count). The van der Waals surface area contributed by atoms with Crippen LogP contribution < -0.4 is 4.34 Å². The Hall–Kier alpha value is 1.03. The van der Waals surface area contributed by atoms with Crippen LogP contribution in [0.4, 0.5) is 0 Å². The van der Waals surface area contributed by atoms with Gasteiger partial charge in [-0.15, -0.1) is 0 Å². The minimum absolute atomic E-state index is 1.19. The van der Waals surface area contributed by atoms with E-state index in [9.17, 15) is 0 Å². The fraction of sp³-hybridized carbons (Fsp3) is 0. The quantitative estimate of drug-likeness (QED) is 0.665. The predicted octanol–water partition coefficient (Wildman–Crippen LogP) is 4.60. The topological polar surface area (TPSA) is 3.88 Å². The van der Waals surface area contributed by atoms with Gasteiger partial charge in [-0.25, -0.2) is 0 Å². The molecule has 1 aromatic heterocycles. The molecule has 0 saturated heterocycles. The molecule has 7 heteroatoms. The van der Waals surface area contributed by atoms with Crippen LogP contribution in [0, 0.1) is 0 Å². The van der Waals surface area contributed by atoms with Gasteiger partial charge in [0.05, 0.1) is 0 Å². The number of halogens is 5. The molecule has 0 radical (unpaired) electrons. The molecule has 0 aliphatic heterocycles. The molecule has 12 heavy (non-hydrogen) atoms. The Morgan fingerprint density at radius 1 is 0.750 bits per heavy atom. The summed E-state index contributed by atoms with van der Waals surface area (Å²) in [5.74, 6) is 0. The molecule has 0 aliphatic rings. The molecule has 70 valence electrons. The molecule has 0 atom stereocenters. The molecule has 0 unspecified atom stereocenters. The van der Waals surface area contributed by atoms with Gasteiger partial charge in [0.2, 0.25) is 0 Å². The molecule has 1 nitrogen and oxygen atoms in total. The second-order valence-electron chi connectivity index (χ2n) is 2.27.